The molecule has 3 N–H and O–H groups in total. The Morgan fingerprint density at radius 3 is 1.78 bits per heavy atom. The summed E-state index contributed by atoms with van der Waals surface area (Å²) in [7, 11) is 0. The Labute approximate surface area is 63.2 Å². The molecule has 0 aliphatic carbocycles. The zero-order valence-electron chi connectivity index (χ0n) is 4.88. The maximum Gasteiger partial charge on any atom is 1.00 e. The van der Waals surface area contributed by atoms with Crippen LogP contribution < -0.4 is 24.0 Å². The van der Waals surface area contributed by atoms with Crippen LogP contribution in [0.5, 0.6) is 0 Å². The molecule has 0 radical (unpaired) electrons. The molecule has 0 fully saturated rings. The van der Waals surface area contributed by atoms with E-state index in [1.807, 2.05) is 0 Å². The van der Waals surface area contributed by atoms with Crippen LogP contribution in [0.3, 0.4) is 0 Å². The van der Waals surface area contributed by atoms with Crippen LogP contribution in [0.15, 0.2) is 0 Å². The summed E-state index contributed by atoms with van der Waals surface area (Å²) in [6.07, 6.45) is 0. The fourth-order valence-electron chi connectivity index (χ4n) is 0.0645. The molecule has 48 valence electrons. The van der Waals surface area contributed by atoms with Crippen LogP contribution in [0.25, 0.3) is 0 Å². The molecule has 6 heteroatoms. The van der Waals surface area contributed by atoms with Gasteiger partial charge in [-0.25, -0.2) is 0 Å². The topological polar surface area (TPSA) is 109 Å². The predicted octanol–water partition coefficient (Wildman–Crippen LogP) is -6.52. The maximum absolute atomic E-state index is 9.60. The summed E-state index contributed by atoms with van der Waals surface area (Å²) >= 11 is 0. The molecule has 0 aromatic carbocycles. The first kappa shape index (κ1) is 15.9. The standard InChI is InChI=1S/C3H4O4.Li.H2O/c4-1-2(5)3(6)7;;/h4H,1H2,(H,6,7);;1H2/q;+1;/p-1. The molecule has 0 saturated carbocycles. The SMILES string of the molecule is O.O=C([O-])C(=O)CO.[Li+]. The van der Waals surface area contributed by atoms with Crippen LogP contribution in [0, 0.1) is 0 Å². The van der Waals surface area contributed by atoms with E-state index in [0.717, 1.165) is 0 Å². The van der Waals surface area contributed by atoms with Gasteiger partial charge in [-0.15, -0.1) is 0 Å². The van der Waals surface area contributed by atoms with Gasteiger partial charge in [0.05, 0.1) is 0 Å². The number of carbonyl (C=O) groups is 2. The Hall–Kier alpha value is -0.343. The van der Waals surface area contributed by atoms with E-state index in [0.29, 0.717) is 0 Å². The number of aliphatic hydroxyl groups is 1. The van der Waals surface area contributed by atoms with E-state index in [-0.39, 0.29) is 24.3 Å². The minimum absolute atomic E-state index is 0. The fraction of sp³-hybridized carbons (Fsp3) is 0.333. The molecule has 0 aliphatic heterocycles. The Kier molecular flexibility index (Phi) is 13.5. The number of aliphatic carboxylic acids is 1. The number of hydrogen-bond acceptors (Lipinski definition) is 4. The second-order valence-corrected chi connectivity index (χ2v) is 0.869. The molecule has 0 unspecified atom stereocenters. The third kappa shape index (κ3) is 7.66. The average Bonchev–Trinajstić information content (AvgIpc) is 1.65. The van der Waals surface area contributed by atoms with E-state index < -0.39 is 18.4 Å². The van der Waals surface area contributed by atoms with Crippen LogP contribution in [0.2, 0.25) is 0 Å². The summed E-state index contributed by atoms with van der Waals surface area (Å²) in [5.74, 6) is -3.14. The molecular formula is C3H5LiO5. The van der Waals surface area contributed by atoms with Gasteiger partial charge in [0.2, 0.25) is 5.78 Å². The summed E-state index contributed by atoms with van der Waals surface area (Å²) in [5, 5.41) is 17.0. The Morgan fingerprint density at radius 2 is 1.78 bits per heavy atom. The molecular weight excluding hydrogens is 123 g/mol. The van der Waals surface area contributed by atoms with Gasteiger partial charge in [0.25, 0.3) is 0 Å². The zero-order valence-corrected chi connectivity index (χ0v) is 4.88. The van der Waals surface area contributed by atoms with Crippen LogP contribution in [0.4, 0.5) is 0 Å². The third-order valence-electron chi connectivity index (χ3n) is 0.371. The van der Waals surface area contributed by atoms with Crippen molar-refractivity contribution in [2.24, 2.45) is 0 Å². The van der Waals surface area contributed by atoms with Gasteiger partial charge in [-0.3, -0.25) is 4.79 Å². The Bertz CT molecular complexity index is 100. The van der Waals surface area contributed by atoms with E-state index in [2.05, 4.69) is 0 Å². The molecule has 0 amide bonds. The number of Topliss-reactive ketones (excluding diaryl/α,β-unsaturated/α-hetero) is 1. The van der Waals surface area contributed by atoms with E-state index in [1.54, 1.807) is 0 Å². The second kappa shape index (κ2) is 7.66. The molecule has 0 saturated heterocycles. The molecule has 0 spiro atoms. The first-order valence-electron chi connectivity index (χ1n) is 1.53. The third-order valence-corrected chi connectivity index (χ3v) is 0.371. The molecule has 0 rings (SSSR count). The predicted molar refractivity (Wildman–Crippen MR) is 20.7 cm³/mol. The largest absolute Gasteiger partial charge is 1.00 e. The Balaban J connectivity index is -0.000000180. The van der Waals surface area contributed by atoms with E-state index in [1.165, 1.54) is 0 Å². The van der Waals surface area contributed by atoms with Gasteiger partial charge < -0.3 is 20.5 Å². The second-order valence-electron chi connectivity index (χ2n) is 0.869. The monoisotopic (exact) mass is 128 g/mol. The van der Waals surface area contributed by atoms with Gasteiger partial charge in [0.15, 0.2) is 0 Å². The smallest absolute Gasteiger partial charge is 0.542 e. The minimum atomic E-state index is -1.84. The van der Waals surface area contributed by atoms with Gasteiger partial charge in [-0.2, -0.15) is 0 Å². The van der Waals surface area contributed by atoms with Crippen LogP contribution in [0.1, 0.15) is 0 Å². The van der Waals surface area contributed by atoms with Gasteiger partial charge in [-0.05, 0) is 0 Å². The van der Waals surface area contributed by atoms with E-state index >= 15 is 0 Å². The zero-order chi connectivity index (χ0) is 5.86. The molecule has 5 nitrogen and oxygen atoms in total. The van der Waals surface area contributed by atoms with Crippen molar-refractivity contribution in [3.05, 3.63) is 0 Å². The van der Waals surface area contributed by atoms with Gasteiger partial charge in [-0.1, -0.05) is 0 Å². The molecule has 0 aliphatic rings. The Morgan fingerprint density at radius 1 is 1.44 bits per heavy atom. The fourth-order valence-corrected chi connectivity index (χ4v) is 0.0645. The molecule has 0 bridgehead atoms. The van der Waals surface area contributed by atoms with Crippen molar-refractivity contribution in [3.8, 4) is 0 Å². The molecule has 0 atom stereocenters. The number of aliphatic hydroxyl groups excluding tert-OH is 1. The van der Waals surface area contributed by atoms with Crippen molar-refractivity contribution in [2.45, 2.75) is 0 Å². The summed E-state index contributed by atoms with van der Waals surface area (Å²) in [6.45, 7) is -0.984. The number of carboxylic acids is 1. The van der Waals surface area contributed by atoms with Crippen LogP contribution >= 0.6 is 0 Å². The van der Waals surface area contributed by atoms with Crippen molar-refractivity contribution in [1.29, 1.82) is 0 Å². The number of rotatable bonds is 2. The normalized spacial score (nSPS) is 6.33. The minimum Gasteiger partial charge on any atom is -0.542 e. The van der Waals surface area contributed by atoms with E-state index in [4.69, 9.17) is 5.11 Å². The van der Waals surface area contributed by atoms with Crippen molar-refractivity contribution >= 4 is 11.8 Å². The van der Waals surface area contributed by atoms with Crippen LogP contribution in [-0.2, 0) is 9.59 Å². The molecule has 0 aromatic heterocycles. The first-order valence-corrected chi connectivity index (χ1v) is 1.53. The first-order chi connectivity index (χ1) is 3.18. The van der Waals surface area contributed by atoms with Gasteiger partial charge in [0.1, 0.15) is 12.6 Å². The van der Waals surface area contributed by atoms with Gasteiger partial charge >= 0.3 is 18.9 Å². The molecule has 9 heavy (non-hydrogen) atoms. The molecule has 0 aromatic rings. The number of hydrogen-bond donors (Lipinski definition) is 1. The number of ketones is 1. The summed E-state index contributed by atoms with van der Waals surface area (Å²) < 4.78 is 0. The van der Waals surface area contributed by atoms with Crippen molar-refractivity contribution in [1.82, 2.24) is 0 Å². The summed E-state index contributed by atoms with van der Waals surface area (Å²) in [4.78, 5) is 18.9. The molecule has 0 heterocycles. The average molecular weight is 128 g/mol. The quantitative estimate of drug-likeness (QED) is 0.294. The van der Waals surface area contributed by atoms with Crippen molar-refractivity contribution in [3.63, 3.8) is 0 Å². The van der Waals surface area contributed by atoms with Crippen molar-refractivity contribution in [2.75, 3.05) is 6.61 Å². The number of carbonyl (C=O) groups excluding carboxylic acids is 2. The number of carboxylic acid groups (broad SMARTS) is 1. The van der Waals surface area contributed by atoms with E-state index in [9.17, 15) is 14.7 Å². The summed E-state index contributed by atoms with van der Waals surface area (Å²) in [6, 6.07) is 0. The van der Waals surface area contributed by atoms with Crippen molar-refractivity contribution < 1.29 is 44.1 Å². The van der Waals surface area contributed by atoms with Crippen LogP contribution in [-0.4, -0.2) is 28.9 Å². The summed E-state index contributed by atoms with van der Waals surface area (Å²) in [5.41, 5.74) is 0. The maximum atomic E-state index is 9.60. The van der Waals surface area contributed by atoms with Gasteiger partial charge in [0, 0.05) is 0 Å².